The summed E-state index contributed by atoms with van der Waals surface area (Å²) < 4.78 is 10.3. The third-order valence-electron chi connectivity index (χ3n) is 5.59. The molecular weight excluding hydrogens is 448 g/mol. The number of esters is 1. The van der Waals surface area contributed by atoms with Crippen LogP contribution in [-0.2, 0) is 14.3 Å². The molecule has 1 fully saturated rings. The molecule has 1 saturated heterocycles. The molecule has 0 aliphatic carbocycles. The number of hydrogen-bond acceptors (Lipinski definition) is 7. The number of amides is 1. The highest BCUT2D eigenvalue weighted by Crippen LogP contribution is 2.41. The number of anilines is 1. The van der Waals surface area contributed by atoms with E-state index in [1.807, 2.05) is 6.92 Å². The number of benzene rings is 2. The van der Waals surface area contributed by atoms with Crippen LogP contribution in [0.25, 0.3) is 5.76 Å². The van der Waals surface area contributed by atoms with Crippen molar-refractivity contribution in [2.24, 2.45) is 0 Å². The van der Waals surface area contributed by atoms with Crippen LogP contribution in [0.15, 0.2) is 78.5 Å². The molecule has 8 heteroatoms. The molecule has 1 aliphatic rings. The SMILES string of the molecule is CCCOC(=O)c1ccc(N2C(=O)C(=O)/C(=C(/O)c3ccc(OC)cc3)C2c2ccccn2)cc1. The van der Waals surface area contributed by atoms with Crippen molar-refractivity contribution in [1.29, 1.82) is 0 Å². The van der Waals surface area contributed by atoms with Crippen molar-refractivity contribution in [1.82, 2.24) is 4.98 Å². The minimum absolute atomic E-state index is 0.0784. The zero-order chi connectivity index (χ0) is 24.9. The number of ether oxygens (including phenoxy) is 2. The predicted octanol–water partition coefficient (Wildman–Crippen LogP) is 4.28. The number of hydrogen-bond donors (Lipinski definition) is 1. The number of rotatable bonds is 7. The zero-order valence-corrected chi connectivity index (χ0v) is 19.3. The average molecular weight is 472 g/mol. The summed E-state index contributed by atoms with van der Waals surface area (Å²) in [7, 11) is 1.52. The first-order valence-electron chi connectivity index (χ1n) is 11.1. The second-order valence-electron chi connectivity index (χ2n) is 7.83. The van der Waals surface area contributed by atoms with Crippen LogP contribution >= 0.6 is 0 Å². The number of nitrogens with zero attached hydrogens (tertiary/aromatic N) is 2. The lowest BCUT2D eigenvalue weighted by molar-refractivity contribution is -0.132. The molecule has 0 radical (unpaired) electrons. The molecule has 2 aromatic carbocycles. The molecule has 4 rings (SSSR count). The maximum absolute atomic E-state index is 13.2. The minimum atomic E-state index is -0.962. The van der Waals surface area contributed by atoms with Gasteiger partial charge in [0.2, 0.25) is 0 Å². The van der Waals surface area contributed by atoms with Crippen molar-refractivity contribution in [3.63, 3.8) is 0 Å². The van der Waals surface area contributed by atoms with E-state index in [4.69, 9.17) is 9.47 Å². The fraction of sp³-hybridized carbons (Fsp3) is 0.185. The number of aliphatic hydroxyl groups excluding tert-OH is 1. The van der Waals surface area contributed by atoms with Gasteiger partial charge in [-0.3, -0.25) is 19.5 Å². The molecular formula is C27H24N2O6. The number of aliphatic hydroxyl groups is 1. The molecule has 1 aliphatic heterocycles. The number of aromatic nitrogens is 1. The van der Waals surface area contributed by atoms with Crippen molar-refractivity contribution in [2.75, 3.05) is 18.6 Å². The Hall–Kier alpha value is -4.46. The van der Waals surface area contributed by atoms with Crippen LogP contribution < -0.4 is 9.64 Å². The van der Waals surface area contributed by atoms with Gasteiger partial charge in [0.05, 0.1) is 30.5 Å². The lowest BCUT2D eigenvalue weighted by Crippen LogP contribution is -2.29. The van der Waals surface area contributed by atoms with E-state index in [9.17, 15) is 19.5 Å². The summed E-state index contributed by atoms with van der Waals surface area (Å²) in [6.45, 7) is 2.21. The van der Waals surface area contributed by atoms with Crippen molar-refractivity contribution >= 4 is 29.1 Å². The maximum Gasteiger partial charge on any atom is 0.338 e. The van der Waals surface area contributed by atoms with Gasteiger partial charge in [-0.15, -0.1) is 0 Å². The van der Waals surface area contributed by atoms with Gasteiger partial charge in [-0.25, -0.2) is 4.79 Å². The lowest BCUT2D eigenvalue weighted by Gasteiger charge is -2.24. The Kier molecular flexibility index (Phi) is 6.91. The third-order valence-corrected chi connectivity index (χ3v) is 5.59. The Morgan fingerprint density at radius 3 is 2.29 bits per heavy atom. The van der Waals surface area contributed by atoms with Gasteiger partial charge < -0.3 is 14.6 Å². The van der Waals surface area contributed by atoms with Crippen LogP contribution in [0, 0.1) is 0 Å². The number of pyridine rings is 1. The van der Waals surface area contributed by atoms with Crippen molar-refractivity contribution in [3.8, 4) is 5.75 Å². The number of carbonyl (C=O) groups is 3. The Balaban J connectivity index is 1.79. The standard InChI is InChI=1S/C27H24N2O6/c1-3-16-35-27(33)18-7-11-19(12-8-18)29-23(21-6-4-5-15-28-21)22(25(31)26(29)32)24(30)17-9-13-20(34-2)14-10-17/h4-15,23,30H,3,16H2,1-2H3/b24-22+. The summed E-state index contributed by atoms with van der Waals surface area (Å²) >= 11 is 0. The van der Waals surface area contributed by atoms with Crippen molar-refractivity contribution in [3.05, 3.63) is 95.3 Å². The van der Waals surface area contributed by atoms with Crippen LogP contribution in [0.1, 0.15) is 41.0 Å². The highest BCUT2D eigenvalue weighted by molar-refractivity contribution is 6.51. The summed E-state index contributed by atoms with van der Waals surface area (Å²) in [5, 5.41) is 11.1. The van der Waals surface area contributed by atoms with Gasteiger partial charge in [-0.2, -0.15) is 0 Å². The number of methoxy groups -OCH3 is 1. The normalized spacial score (nSPS) is 16.9. The van der Waals surface area contributed by atoms with Crippen LogP contribution in [0.5, 0.6) is 5.75 Å². The maximum atomic E-state index is 13.2. The summed E-state index contributed by atoms with van der Waals surface area (Å²) in [6, 6.07) is 16.9. The van der Waals surface area contributed by atoms with E-state index >= 15 is 0 Å². The molecule has 8 nitrogen and oxygen atoms in total. The van der Waals surface area contributed by atoms with E-state index in [2.05, 4.69) is 4.98 Å². The van der Waals surface area contributed by atoms with Gasteiger partial charge in [0.25, 0.3) is 11.7 Å². The lowest BCUT2D eigenvalue weighted by atomic mass is 9.98. The number of ketones is 1. The molecule has 3 aromatic rings. The third kappa shape index (κ3) is 4.63. The Bertz CT molecular complexity index is 1270. The van der Waals surface area contributed by atoms with Crippen LogP contribution in [0.4, 0.5) is 5.69 Å². The van der Waals surface area contributed by atoms with Gasteiger partial charge in [0.1, 0.15) is 17.6 Å². The van der Waals surface area contributed by atoms with Crippen molar-refractivity contribution < 1.29 is 29.0 Å². The molecule has 0 bridgehead atoms. The minimum Gasteiger partial charge on any atom is -0.507 e. The molecule has 1 unspecified atom stereocenters. The first kappa shape index (κ1) is 23.7. The smallest absolute Gasteiger partial charge is 0.338 e. The van der Waals surface area contributed by atoms with Crippen LogP contribution in [0.2, 0.25) is 0 Å². The molecule has 178 valence electrons. The van der Waals surface area contributed by atoms with E-state index in [1.165, 1.54) is 24.1 Å². The average Bonchev–Trinajstić information content (AvgIpc) is 3.17. The number of carbonyl (C=O) groups excluding carboxylic acids is 3. The first-order valence-corrected chi connectivity index (χ1v) is 11.1. The predicted molar refractivity (Wildman–Crippen MR) is 129 cm³/mol. The van der Waals surface area contributed by atoms with Crippen LogP contribution in [0.3, 0.4) is 0 Å². The van der Waals surface area contributed by atoms with Gasteiger partial charge in [-0.05, 0) is 67.1 Å². The molecule has 0 spiro atoms. The summed E-state index contributed by atoms with van der Waals surface area (Å²) in [5.41, 5.74) is 1.40. The molecule has 1 amide bonds. The molecule has 1 atom stereocenters. The second-order valence-corrected chi connectivity index (χ2v) is 7.83. The van der Waals surface area contributed by atoms with Crippen LogP contribution in [-0.4, -0.2) is 41.5 Å². The fourth-order valence-electron chi connectivity index (χ4n) is 3.86. The molecule has 35 heavy (non-hydrogen) atoms. The highest BCUT2D eigenvalue weighted by Gasteiger charge is 2.47. The Morgan fingerprint density at radius 1 is 1.00 bits per heavy atom. The molecule has 0 saturated carbocycles. The molecule has 1 aromatic heterocycles. The van der Waals surface area contributed by atoms with E-state index in [-0.39, 0.29) is 11.3 Å². The summed E-state index contributed by atoms with van der Waals surface area (Å²) in [6.07, 6.45) is 2.25. The molecule has 1 N–H and O–H groups in total. The van der Waals surface area contributed by atoms with Gasteiger partial charge >= 0.3 is 5.97 Å². The Morgan fingerprint density at radius 2 is 1.69 bits per heavy atom. The fourth-order valence-corrected chi connectivity index (χ4v) is 3.86. The first-order chi connectivity index (χ1) is 17.0. The Labute approximate surface area is 202 Å². The summed E-state index contributed by atoms with van der Waals surface area (Å²) in [4.78, 5) is 44.2. The van der Waals surface area contributed by atoms with E-state index in [0.29, 0.717) is 41.3 Å². The number of Topliss-reactive ketones (excluding diaryl/α,β-unsaturated/α-hetero) is 1. The van der Waals surface area contributed by atoms with E-state index < -0.39 is 23.7 Å². The quantitative estimate of drug-likeness (QED) is 0.237. The topological polar surface area (TPSA) is 106 Å². The zero-order valence-electron chi connectivity index (χ0n) is 19.3. The van der Waals surface area contributed by atoms with Gasteiger partial charge in [-0.1, -0.05) is 13.0 Å². The monoisotopic (exact) mass is 472 g/mol. The van der Waals surface area contributed by atoms with Crippen molar-refractivity contribution in [2.45, 2.75) is 19.4 Å². The molecule has 2 heterocycles. The second kappa shape index (κ2) is 10.2. The van der Waals surface area contributed by atoms with E-state index in [0.717, 1.165) is 0 Å². The van der Waals surface area contributed by atoms with E-state index in [1.54, 1.807) is 60.8 Å². The summed E-state index contributed by atoms with van der Waals surface area (Å²) in [5.74, 6) is -1.84. The van der Waals surface area contributed by atoms with Gasteiger partial charge in [0.15, 0.2) is 0 Å². The van der Waals surface area contributed by atoms with Gasteiger partial charge in [0, 0.05) is 17.4 Å². The largest absolute Gasteiger partial charge is 0.507 e. The highest BCUT2D eigenvalue weighted by atomic mass is 16.5.